The summed E-state index contributed by atoms with van der Waals surface area (Å²) in [6.45, 7) is 2.37. The number of esters is 1. The number of alkyl halides is 3. The molecule has 0 saturated carbocycles. The molecule has 2 aromatic rings. The first-order valence-electron chi connectivity index (χ1n) is 8.67. The van der Waals surface area contributed by atoms with Crippen LogP contribution < -0.4 is 10.0 Å². The number of carbonyl (C=O) groups excluding carboxylic acids is 2. The van der Waals surface area contributed by atoms with Crippen LogP contribution in [0.25, 0.3) is 0 Å². The Morgan fingerprint density at radius 2 is 1.53 bits per heavy atom. The summed E-state index contributed by atoms with van der Waals surface area (Å²) >= 11 is 0. The van der Waals surface area contributed by atoms with Gasteiger partial charge in [0.25, 0.3) is 5.91 Å². The first-order chi connectivity index (χ1) is 13.9. The zero-order chi connectivity index (χ0) is 22.5. The highest BCUT2D eigenvalue weighted by atomic mass is 32.2. The lowest BCUT2D eigenvalue weighted by Gasteiger charge is -2.19. The molecular formula is C19H19F3N2O5S. The molecule has 0 aliphatic heterocycles. The lowest BCUT2D eigenvalue weighted by molar-refractivity contribution is -0.154. The van der Waals surface area contributed by atoms with E-state index >= 15 is 0 Å². The number of ether oxygens (including phenoxy) is 1. The van der Waals surface area contributed by atoms with E-state index in [9.17, 15) is 31.2 Å². The SMILES string of the molecule is C[C@H](NS(=O)(=O)c1ccccc1)C(=O)O[C@@H](C)C(=O)Nc1ccccc1C(F)(F)F. The molecule has 0 saturated heterocycles. The molecule has 0 aliphatic carbocycles. The molecule has 30 heavy (non-hydrogen) atoms. The maximum atomic E-state index is 13.0. The van der Waals surface area contributed by atoms with Gasteiger partial charge in [-0.2, -0.15) is 17.9 Å². The molecule has 0 radical (unpaired) electrons. The average Bonchev–Trinajstić information content (AvgIpc) is 2.67. The molecule has 0 spiro atoms. The van der Waals surface area contributed by atoms with E-state index in [0.29, 0.717) is 0 Å². The Labute approximate surface area is 171 Å². The van der Waals surface area contributed by atoms with Crippen LogP contribution in [0.3, 0.4) is 0 Å². The number of para-hydroxylation sites is 1. The second-order valence-electron chi connectivity index (χ2n) is 6.27. The third kappa shape index (κ3) is 6.04. The largest absolute Gasteiger partial charge is 0.451 e. The lowest BCUT2D eigenvalue weighted by atomic mass is 10.1. The zero-order valence-corrected chi connectivity index (χ0v) is 16.8. The highest BCUT2D eigenvalue weighted by Gasteiger charge is 2.34. The van der Waals surface area contributed by atoms with Crippen molar-refractivity contribution in [3.63, 3.8) is 0 Å². The van der Waals surface area contributed by atoms with Crippen molar-refractivity contribution < 1.29 is 35.9 Å². The Morgan fingerprint density at radius 3 is 2.13 bits per heavy atom. The molecule has 1 amide bonds. The summed E-state index contributed by atoms with van der Waals surface area (Å²) in [5.41, 5.74) is -1.54. The number of sulfonamides is 1. The first-order valence-corrected chi connectivity index (χ1v) is 10.1. The molecular weight excluding hydrogens is 425 g/mol. The second kappa shape index (κ2) is 9.26. The maximum Gasteiger partial charge on any atom is 0.418 e. The van der Waals surface area contributed by atoms with Crippen LogP contribution in [0.4, 0.5) is 18.9 Å². The Kier molecular flexibility index (Phi) is 7.21. The molecule has 0 aromatic heterocycles. The fourth-order valence-corrected chi connectivity index (χ4v) is 3.57. The van der Waals surface area contributed by atoms with Crippen LogP contribution >= 0.6 is 0 Å². The van der Waals surface area contributed by atoms with Crippen molar-refractivity contribution in [3.05, 3.63) is 60.2 Å². The predicted octanol–water partition coefficient (Wildman–Crippen LogP) is 2.94. The van der Waals surface area contributed by atoms with Crippen LogP contribution in [-0.2, 0) is 30.5 Å². The van der Waals surface area contributed by atoms with Gasteiger partial charge < -0.3 is 10.1 Å². The normalized spacial score (nSPS) is 13.9. The fraction of sp³-hybridized carbons (Fsp3) is 0.263. The van der Waals surface area contributed by atoms with Crippen LogP contribution in [0.2, 0.25) is 0 Å². The summed E-state index contributed by atoms with van der Waals surface area (Å²) in [6.07, 6.45) is -6.16. The number of rotatable bonds is 7. The Morgan fingerprint density at radius 1 is 0.967 bits per heavy atom. The number of hydrogen-bond acceptors (Lipinski definition) is 5. The molecule has 2 aromatic carbocycles. The molecule has 0 fully saturated rings. The van der Waals surface area contributed by atoms with Crippen LogP contribution in [0.15, 0.2) is 59.5 Å². The number of carbonyl (C=O) groups is 2. The van der Waals surface area contributed by atoms with Crippen molar-refractivity contribution in [1.29, 1.82) is 0 Å². The highest BCUT2D eigenvalue weighted by Crippen LogP contribution is 2.34. The topological polar surface area (TPSA) is 102 Å². The summed E-state index contributed by atoms with van der Waals surface area (Å²) in [6, 6.07) is 10.3. The van der Waals surface area contributed by atoms with E-state index in [2.05, 4.69) is 10.0 Å². The minimum absolute atomic E-state index is 0.0702. The number of amides is 1. The Bertz CT molecular complexity index is 1010. The van der Waals surface area contributed by atoms with Gasteiger partial charge in [-0.15, -0.1) is 0 Å². The van der Waals surface area contributed by atoms with Gasteiger partial charge in [0.2, 0.25) is 10.0 Å². The van der Waals surface area contributed by atoms with E-state index in [-0.39, 0.29) is 4.90 Å². The van der Waals surface area contributed by atoms with Gasteiger partial charge in [-0.3, -0.25) is 9.59 Å². The van der Waals surface area contributed by atoms with Gasteiger partial charge in [-0.05, 0) is 38.1 Å². The minimum Gasteiger partial charge on any atom is -0.451 e. The van der Waals surface area contributed by atoms with Gasteiger partial charge in [0.15, 0.2) is 6.10 Å². The van der Waals surface area contributed by atoms with Crippen molar-refractivity contribution in [2.75, 3.05) is 5.32 Å². The quantitative estimate of drug-likeness (QED) is 0.640. The minimum atomic E-state index is -4.69. The third-order valence-electron chi connectivity index (χ3n) is 3.89. The second-order valence-corrected chi connectivity index (χ2v) is 7.98. The molecule has 0 aliphatic rings. The molecule has 2 N–H and O–H groups in total. The van der Waals surface area contributed by atoms with E-state index in [4.69, 9.17) is 4.74 Å². The summed E-state index contributed by atoms with van der Waals surface area (Å²) in [5.74, 6) is -2.07. The Hall–Kier alpha value is -2.92. The number of benzene rings is 2. The highest BCUT2D eigenvalue weighted by molar-refractivity contribution is 7.89. The van der Waals surface area contributed by atoms with Gasteiger partial charge in [-0.25, -0.2) is 8.42 Å². The van der Waals surface area contributed by atoms with E-state index in [1.165, 1.54) is 43.3 Å². The molecule has 0 heterocycles. The van der Waals surface area contributed by atoms with Gasteiger partial charge in [-0.1, -0.05) is 30.3 Å². The predicted molar refractivity (Wildman–Crippen MR) is 102 cm³/mol. The summed E-state index contributed by atoms with van der Waals surface area (Å²) in [4.78, 5) is 24.2. The number of anilines is 1. The standard InChI is InChI=1S/C19H19F3N2O5S/c1-12(24-30(27,28)14-8-4-3-5-9-14)18(26)29-13(2)17(25)23-16-11-7-6-10-15(16)19(20,21)22/h3-13,24H,1-2H3,(H,23,25)/t12-,13-/m0/s1. The van der Waals surface area contributed by atoms with E-state index in [1.54, 1.807) is 6.07 Å². The molecule has 162 valence electrons. The number of nitrogens with one attached hydrogen (secondary N) is 2. The van der Waals surface area contributed by atoms with Crippen molar-refractivity contribution in [2.24, 2.45) is 0 Å². The molecule has 0 bridgehead atoms. The third-order valence-corrected chi connectivity index (χ3v) is 5.45. The van der Waals surface area contributed by atoms with Crippen LogP contribution in [0.1, 0.15) is 19.4 Å². The summed E-state index contributed by atoms with van der Waals surface area (Å²) < 4.78 is 70.5. The monoisotopic (exact) mass is 444 g/mol. The smallest absolute Gasteiger partial charge is 0.418 e. The van der Waals surface area contributed by atoms with Gasteiger partial charge in [0, 0.05) is 0 Å². The van der Waals surface area contributed by atoms with Crippen LogP contribution in [0, 0.1) is 0 Å². The number of halogens is 3. The van der Waals surface area contributed by atoms with Crippen LogP contribution in [-0.4, -0.2) is 32.4 Å². The Balaban J connectivity index is 2.01. The molecule has 2 rings (SSSR count). The average molecular weight is 444 g/mol. The first kappa shape index (κ1) is 23.4. The summed E-state index contributed by atoms with van der Waals surface area (Å²) in [7, 11) is -4.01. The van der Waals surface area contributed by atoms with E-state index in [0.717, 1.165) is 19.1 Å². The van der Waals surface area contributed by atoms with Crippen molar-refractivity contribution in [2.45, 2.75) is 37.1 Å². The zero-order valence-electron chi connectivity index (χ0n) is 15.9. The van der Waals surface area contributed by atoms with Gasteiger partial charge >= 0.3 is 12.1 Å². The van der Waals surface area contributed by atoms with Crippen molar-refractivity contribution in [3.8, 4) is 0 Å². The molecule has 0 unspecified atom stereocenters. The van der Waals surface area contributed by atoms with E-state index < -0.39 is 51.5 Å². The molecule has 11 heteroatoms. The van der Waals surface area contributed by atoms with Crippen LogP contribution in [0.5, 0.6) is 0 Å². The van der Waals surface area contributed by atoms with Gasteiger partial charge in [0.1, 0.15) is 6.04 Å². The van der Waals surface area contributed by atoms with Crippen molar-refractivity contribution in [1.82, 2.24) is 4.72 Å². The fourth-order valence-electron chi connectivity index (χ4n) is 2.35. The van der Waals surface area contributed by atoms with Gasteiger partial charge in [0.05, 0.1) is 16.1 Å². The van der Waals surface area contributed by atoms with Crippen molar-refractivity contribution >= 4 is 27.6 Å². The summed E-state index contributed by atoms with van der Waals surface area (Å²) in [5, 5.41) is 2.06. The van der Waals surface area contributed by atoms with E-state index in [1.807, 2.05) is 0 Å². The maximum absolute atomic E-state index is 13.0. The molecule has 7 nitrogen and oxygen atoms in total. The number of hydrogen-bond donors (Lipinski definition) is 2. The lowest BCUT2D eigenvalue weighted by Crippen LogP contribution is -2.42. The molecule has 2 atom stereocenters.